The van der Waals surface area contributed by atoms with Crippen LogP contribution in [0.1, 0.15) is 17.7 Å². The van der Waals surface area contributed by atoms with Crippen molar-refractivity contribution < 1.29 is 14.7 Å². The van der Waals surface area contributed by atoms with E-state index in [1.165, 1.54) is 0 Å². The molecule has 0 fully saturated rings. The van der Waals surface area contributed by atoms with Crippen molar-refractivity contribution in [1.82, 2.24) is 10.3 Å². The number of aromatic nitrogens is 1. The maximum absolute atomic E-state index is 11.9. The van der Waals surface area contributed by atoms with Crippen LogP contribution in [0.15, 0.2) is 48.7 Å². The Kier molecular flexibility index (Phi) is 5.68. The minimum atomic E-state index is -1.05. The molecule has 0 aliphatic rings. The zero-order valence-corrected chi connectivity index (χ0v) is 12.8. The molecule has 0 aliphatic carbocycles. The van der Waals surface area contributed by atoms with Crippen LogP contribution in [0.3, 0.4) is 0 Å². The van der Waals surface area contributed by atoms with Crippen LogP contribution in [-0.2, 0) is 11.2 Å². The molecule has 0 spiro atoms. The van der Waals surface area contributed by atoms with Crippen LogP contribution in [0.5, 0.6) is 0 Å². The SMILES string of the molecule is Cc1cc(NC(=O)N[C@H](CCc2ccccc2)C(=O)O)ccn1. The molecular formula is C17H19N3O3. The van der Waals surface area contributed by atoms with Gasteiger partial charge in [-0.1, -0.05) is 30.3 Å². The number of rotatable bonds is 6. The monoisotopic (exact) mass is 313 g/mol. The summed E-state index contributed by atoms with van der Waals surface area (Å²) >= 11 is 0. The van der Waals surface area contributed by atoms with E-state index in [4.69, 9.17) is 0 Å². The van der Waals surface area contributed by atoms with Crippen molar-refractivity contribution >= 4 is 17.7 Å². The summed E-state index contributed by atoms with van der Waals surface area (Å²) in [7, 11) is 0. The molecule has 1 aromatic carbocycles. The third-order valence-corrected chi connectivity index (χ3v) is 3.32. The quantitative estimate of drug-likeness (QED) is 0.764. The molecular weight excluding hydrogens is 294 g/mol. The maximum Gasteiger partial charge on any atom is 0.326 e. The van der Waals surface area contributed by atoms with Crippen molar-refractivity contribution in [1.29, 1.82) is 0 Å². The summed E-state index contributed by atoms with van der Waals surface area (Å²) in [5, 5.41) is 14.4. The normalized spacial score (nSPS) is 11.5. The van der Waals surface area contributed by atoms with Gasteiger partial charge in [0.05, 0.1) is 0 Å². The van der Waals surface area contributed by atoms with Crippen LogP contribution in [0.2, 0.25) is 0 Å². The molecule has 1 aromatic heterocycles. The Labute approximate surface area is 134 Å². The summed E-state index contributed by atoms with van der Waals surface area (Å²) in [6.45, 7) is 1.81. The summed E-state index contributed by atoms with van der Waals surface area (Å²) in [5.41, 5.74) is 2.37. The Hall–Kier alpha value is -2.89. The van der Waals surface area contributed by atoms with Gasteiger partial charge in [0.25, 0.3) is 0 Å². The molecule has 0 saturated heterocycles. The fourth-order valence-corrected chi connectivity index (χ4v) is 2.16. The van der Waals surface area contributed by atoms with E-state index in [0.717, 1.165) is 11.3 Å². The molecule has 2 rings (SSSR count). The van der Waals surface area contributed by atoms with Crippen LogP contribution >= 0.6 is 0 Å². The lowest BCUT2D eigenvalue weighted by atomic mass is 10.1. The Morgan fingerprint density at radius 1 is 1.22 bits per heavy atom. The van der Waals surface area contributed by atoms with Gasteiger partial charge in [-0.05, 0) is 37.5 Å². The van der Waals surface area contributed by atoms with Crippen LogP contribution in [0.25, 0.3) is 0 Å². The number of carboxylic acids is 1. The fourth-order valence-electron chi connectivity index (χ4n) is 2.16. The second kappa shape index (κ2) is 7.93. The van der Waals surface area contributed by atoms with Gasteiger partial charge < -0.3 is 15.7 Å². The molecule has 120 valence electrons. The van der Waals surface area contributed by atoms with Gasteiger partial charge in [-0.3, -0.25) is 4.98 Å². The lowest BCUT2D eigenvalue weighted by Crippen LogP contribution is -2.43. The molecule has 0 unspecified atom stereocenters. The van der Waals surface area contributed by atoms with E-state index in [1.54, 1.807) is 18.3 Å². The number of urea groups is 1. The van der Waals surface area contributed by atoms with Gasteiger partial charge >= 0.3 is 12.0 Å². The molecule has 2 aromatic rings. The smallest absolute Gasteiger partial charge is 0.326 e. The van der Waals surface area contributed by atoms with Crippen molar-refractivity contribution in [3.05, 3.63) is 59.9 Å². The number of benzene rings is 1. The third kappa shape index (κ3) is 5.43. The van der Waals surface area contributed by atoms with E-state index in [-0.39, 0.29) is 0 Å². The second-order valence-electron chi connectivity index (χ2n) is 5.20. The van der Waals surface area contributed by atoms with Gasteiger partial charge in [-0.2, -0.15) is 0 Å². The summed E-state index contributed by atoms with van der Waals surface area (Å²) in [6.07, 6.45) is 2.48. The van der Waals surface area contributed by atoms with E-state index in [9.17, 15) is 14.7 Å². The molecule has 0 aliphatic heterocycles. The lowest BCUT2D eigenvalue weighted by Gasteiger charge is -2.15. The maximum atomic E-state index is 11.9. The summed E-state index contributed by atoms with van der Waals surface area (Å²) in [5.74, 6) is -1.05. The van der Waals surface area contributed by atoms with Crippen molar-refractivity contribution in [3.8, 4) is 0 Å². The summed E-state index contributed by atoms with van der Waals surface area (Å²) in [6, 6.07) is 11.4. The number of amides is 2. The number of carboxylic acid groups (broad SMARTS) is 1. The molecule has 2 amide bonds. The number of carbonyl (C=O) groups is 2. The topological polar surface area (TPSA) is 91.3 Å². The van der Waals surface area contributed by atoms with E-state index < -0.39 is 18.0 Å². The zero-order valence-electron chi connectivity index (χ0n) is 12.8. The molecule has 23 heavy (non-hydrogen) atoms. The predicted molar refractivity (Wildman–Crippen MR) is 87.3 cm³/mol. The van der Waals surface area contributed by atoms with E-state index >= 15 is 0 Å². The van der Waals surface area contributed by atoms with E-state index in [1.807, 2.05) is 37.3 Å². The molecule has 3 N–H and O–H groups in total. The second-order valence-corrected chi connectivity index (χ2v) is 5.20. The number of nitrogens with zero attached hydrogens (tertiary/aromatic N) is 1. The number of pyridine rings is 1. The average Bonchev–Trinajstić information content (AvgIpc) is 2.52. The molecule has 0 saturated carbocycles. The standard InChI is InChI=1S/C17H19N3O3/c1-12-11-14(9-10-18-12)19-17(23)20-15(16(21)22)8-7-13-5-3-2-4-6-13/h2-6,9-11,15H,7-8H2,1H3,(H,21,22)(H2,18,19,20,23)/t15-/m1/s1. The summed E-state index contributed by atoms with van der Waals surface area (Å²) < 4.78 is 0. The minimum Gasteiger partial charge on any atom is -0.480 e. The van der Waals surface area contributed by atoms with Crippen LogP contribution < -0.4 is 10.6 Å². The zero-order chi connectivity index (χ0) is 16.7. The van der Waals surface area contributed by atoms with Crippen molar-refractivity contribution in [3.63, 3.8) is 0 Å². The number of aliphatic carboxylic acids is 1. The number of carbonyl (C=O) groups excluding carboxylic acids is 1. The third-order valence-electron chi connectivity index (χ3n) is 3.32. The van der Waals surface area contributed by atoms with Crippen molar-refractivity contribution in [2.24, 2.45) is 0 Å². The fraction of sp³-hybridized carbons (Fsp3) is 0.235. The Morgan fingerprint density at radius 2 is 1.96 bits per heavy atom. The van der Waals surface area contributed by atoms with Crippen molar-refractivity contribution in [2.45, 2.75) is 25.8 Å². The van der Waals surface area contributed by atoms with Crippen LogP contribution in [0.4, 0.5) is 10.5 Å². The van der Waals surface area contributed by atoms with E-state index in [0.29, 0.717) is 18.5 Å². The first-order valence-corrected chi connectivity index (χ1v) is 7.31. The van der Waals surface area contributed by atoms with Gasteiger partial charge in [0.15, 0.2) is 0 Å². The molecule has 1 atom stereocenters. The van der Waals surface area contributed by atoms with Gasteiger partial charge in [-0.15, -0.1) is 0 Å². The van der Waals surface area contributed by atoms with E-state index in [2.05, 4.69) is 15.6 Å². The Balaban J connectivity index is 1.91. The molecule has 1 heterocycles. The highest BCUT2D eigenvalue weighted by atomic mass is 16.4. The largest absolute Gasteiger partial charge is 0.480 e. The number of hydrogen-bond acceptors (Lipinski definition) is 3. The highest BCUT2D eigenvalue weighted by Crippen LogP contribution is 2.08. The number of aryl methyl sites for hydroxylation is 2. The average molecular weight is 313 g/mol. The van der Waals surface area contributed by atoms with Gasteiger partial charge in [0.1, 0.15) is 6.04 Å². The van der Waals surface area contributed by atoms with Crippen LogP contribution in [-0.4, -0.2) is 28.1 Å². The number of nitrogens with one attached hydrogen (secondary N) is 2. The number of anilines is 1. The Morgan fingerprint density at radius 3 is 2.61 bits per heavy atom. The van der Waals surface area contributed by atoms with Crippen molar-refractivity contribution in [2.75, 3.05) is 5.32 Å². The minimum absolute atomic E-state index is 0.322. The highest BCUT2D eigenvalue weighted by molar-refractivity contribution is 5.92. The van der Waals surface area contributed by atoms with Gasteiger partial charge in [0.2, 0.25) is 0 Å². The predicted octanol–water partition coefficient (Wildman–Crippen LogP) is 2.60. The summed E-state index contributed by atoms with van der Waals surface area (Å²) in [4.78, 5) is 27.3. The first-order valence-electron chi connectivity index (χ1n) is 7.31. The molecule has 6 heteroatoms. The van der Waals surface area contributed by atoms with Gasteiger partial charge in [0, 0.05) is 17.6 Å². The number of hydrogen-bond donors (Lipinski definition) is 3. The van der Waals surface area contributed by atoms with Crippen LogP contribution in [0, 0.1) is 6.92 Å². The molecule has 0 bridgehead atoms. The van der Waals surface area contributed by atoms with Gasteiger partial charge in [-0.25, -0.2) is 9.59 Å². The Bertz CT molecular complexity index is 674. The molecule has 6 nitrogen and oxygen atoms in total. The lowest BCUT2D eigenvalue weighted by molar-refractivity contribution is -0.139. The first-order chi connectivity index (χ1) is 11.0. The first kappa shape index (κ1) is 16.5. The molecule has 0 radical (unpaired) electrons. The highest BCUT2D eigenvalue weighted by Gasteiger charge is 2.19.